The summed E-state index contributed by atoms with van der Waals surface area (Å²) in [4.78, 5) is 4.72. The molecule has 0 amide bonds. The Labute approximate surface area is 138 Å². The minimum atomic E-state index is 0.157. The summed E-state index contributed by atoms with van der Waals surface area (Å²) >= 11 is 7.81. The number of halogens is 1. The van der Waals surface area contributed by atoms with Crippen LogP contribution in [-0.2, 0) is 6.42 Å². The normalized spacial score (nSPS) is 12.5. The van der Waals surface area contributed by atoms with Crippen LogP contribution >= 0.6 is 22.9 Å². The van der Waals surface area contributed by atoms with Gasteiger partial charge in [-0.3, -0.25) is 0 Å². The molecule has 0 spiro atoms. The monoisotopic (exact) mass is 332 g/mol. The first-order valence-electron chi connectivity index (χ1n) is 7.09. The summed E-state index contributed by atoms with van der Waals surface area (Å²) in [5, 5.41) is 1.77. The van der Waals surface area contributed by atoms with E-state index in [-0.39, 0.29) is 5.92 Å². The van der Waals surface area contributed by atoms with E-state index in [1.807, 2.05) is 36.4 Å². The second kappa shape index (κ2) is 6.65. The number of nitrogens with two attached hydrogens (primary N) is 1. The zero-order valence-corrected chi connectivity index (χ0v) is 13.8. The molecule has 0 saturated carbocycles. The van der Waals surface area contributed by atoms with Crippen LogP contribution < -0.4 is 10.5 Å². The molecule has 1 aromatic heterocycles. The van der Waals surface area contributed by atoms with Crippen molar-refractivity contribution in [1.29, 1.82) is 0 Å². The van der Waals surface area contributed by atoms with Crippen molar-refractivity contribution < 1.29 is 4.74 Å². The number of ether oxygens (including phenoxy) is 1. The standard InChI is InChI=1S/C17H17ClN2OS/c1-21-15-7-6-13(18)9-11(15)8-12(10-19)17-20-14-4-2-3-5-16(14)22-17/h2-7,9,12H,8,10,19H2,1H3. The Kier molecular flexibility index (Phi) is 4.62. The molecule has 0 radical (unpaired) electrons. The largest absolute Gasteiger partial charge is 0.496 e. The van der Waals surface area contributed by atoms with Gasteiger partial charge in [-0.25, -0.2) is 4.98 Å². The molecule has 3 aromatic rings. The number of hydrogen-bond acceptors (Lipinski definition) is 4. The van der Waals surface area contributed by atoms with E-state index < -0.39 is 0 Å². The van der Waals surface area contributed by atoms with E-state index in [0.717, 1.165) is 28.3 Å². The summed E-state index contributed by atoms with van der Waals surface area (Å²) in [6, 6.07) is 13.8. The number of fused-ring (bicyclic) bond motifs is 1. The minimum Gasteiger partial charge on any atom is -0.496 e. The van der Waals surface area contributed by atoms with E-state index >= 15 is 0 Å². The van der Waals surface area contributed by atoms with Crippen LogP contribution in [0, 0.1) is 0 Å². The molecular formula is C17H17ClN2OS. The maximum Gasteiger partial charge on any atom is 0.122 e. The van der Waals surface area contributed by atoms with Gasteiger partial charge in [0, 0.05) is 17.5 Å². The lowest BCUT2D eigenvalue weighted by molar-refractivity contribution is 0.408. The first kappa shape index (κ1) is 15.3. The van der Waals surface area contributed by atoms with Crippen LogP contribution in [0.2, 0.25) is 5.02 Å². The molecule has 0 aliphatic rings. The molecule has 5 heteroatoms. The number of aromatic nitrogens is 1. The molecule has 1 unspecified atom stereocenters. The molecule has 2 N–H and O–H groups in total. The summed E-state index contributed by atoms with van der Waals surface area (Å²) in [7, 11) is 1.67. The van der Waals surface area contributed by atoms with Crippen LogP contribution in [0.3, 0.4) is 0 Å². The highest BCUT2D eigenvalue weighted by molar-refractivity contribution is 7.18. The molecule has 0 saturated heterocycles. The topological polar surface area (TPSA) is 48.1 Å². The lowest BCUT2D eigenvalue weighted by Gasteiger charge is -2.15. The van der Waals surface area contributed by atoms with Gasteiger partial charge >= 0.3 is 0 Å². The Bertz CT molecular complexity index is 754. The summed E-state index contributed by atoms with van der Waals surface area (Å²) in [5.74, 6) is 0.994. The molecule has 0 bridgehead atoms. The fourth-order valence-corrected chi connectivity index (χ4v) is 3.78. The van der Waals surface area contributed by atoms with Gasteiger partial charge in [0.2, 0.25) is 0 Å². The second-order valence-electron chi connectivity index (χ2n) is 5.11. The van der Waals surface area contributed by atoms with Gasteiger partial charge in [-0.15, -0.1) is 11.3 Å². The second-order valence-corrected chi connectivity index (χ2v) is 6.61. The van der Waals surface area contributed by atoms with Crippen molar-refractivity contribution in [3.8, 4) is 5.75 Å². The highest BCUT2D eigenvalue weighted by Gasteiger charge is 2.18. The number of rotatable bonds is 5. The summed E-state index contributed by atoms with van der Waals surface area (Å²) < 4.78 is 6.61. The van der Waals surface area contributed by atoms with Crippen LogP contribution in [0.15, 0.2) is 42.5 Å². The van der Waals surface area contributed by atoms with Crippen molar-refractivity contribution in [2.45, 2.75) is 12.3 Å². The highest BCUT2D eigenvalue weighted by Crippen LogP contribution is 2.32. The van der Waals surface area contributed by atoms with Crippen LogP contribution in [0.25, 0.3) is 10.2 Å². The summed E-state index contributed by atoms with van der Waals surface area (Å²) in [5.41, 5.74) is 8.08. The van der Waals surface area contributed by atoms with Gasteiger partial charge in [0.25, 0.3) is 0 Å². The van der Waals surface area contributed by atoms with Gasteiger partial charge in [-0.1, -0.05) is 23.7 Å². The Hall–Kier alpha value is -1.62. The van der Waals surface area contributed by atoms with Crippen LogP contribution in [0.5, 0.6) is 5.75 Å². The van der Waals surface area contributed by atoms with Crippen molar-refractivity contribution >= 4 is 33.2 Å². The maximum absolute atomic E-state index is 6.11. The lowest BCUT2D eigenvalue weighted by atomic mass is 9.99. The predicted octanol–water partition coefficient (Wildman–Crippen LogP) is 4.24. The van der Waals surface area contributed by atoms with E-state index in [1.165, 1.54) is 4.70 Å². The quantitative estimate of drug-likeness (QED) is 0.760. The molecular weight excluding hydrogens is 316 g/mol. The average molecular weight is 333 g/mol. The molecule has 3 nitrogen and oxygen atoms in total. The third kappa shape index (κ3) is 3.09. The zero-order chi connectivity index (χ0) is 15.5. The molecule has 0 aliphatic carbocycles. The van der Waals surface area contributed by atoms with Gasteiger partial charge in [-0.05, 0) is 42.3 Å². The summed E-state index contributed by atoms with van der Waals surface area (Å²) in [6.45, 7) is 0.537. The Morgan fingerprint density at radius 1 is 1.27 bits per heavy atom. The van der Waals surface area contributed by atoms with E-state index in [0.29, 0.717) is 11.6 Å². The van der Waals surface area contributed by atoms with Crippen molar-refractivity contribution in [2.24, 2.45) is 5.73 Å². The van der Waals surface area contributed by atoms with Crippen LogP contribution in [0.1, 0.15) is 16.5 Å². The molecule has 0 fully saturated rings. The van der Waals surface area contributed by atoms with Gasteiger partial charge in [0.1, 0.15) is 5.75 Å². The van der Waals surface area contributed by atoms with Gasteiger partial charge in [0.05, 0.1) is 22.3 Å². The molecule has 2 aromatic carbocycles. The maximum atomic E-state index is 6.11. The first-order chi connectivity index (χ1) is 10.7. The Balaban J connectivity index is 1.93. The number of thiazole rings is 1. The first-order valence-corrected chi connectivity index (χ1v) is 8.28. The highest BCUT2D eigenvalue weighted by atomic mass is 35.5. The number of methoxy groups -OCH3 is 1. The molecule has 1 heterocycles. The third-order valence-corrected chi connectivity index (χ3v) is 5.09. The third-order valence-electron chi connectivity index (χ3n) is 3.65. The number of nitrogens with zero attached hydrogens (tertiary/aromatic N) is 1. The molecule has 3 rings (SSSR count). The van der Waals surface area contributed by atoms with E-state index in [2.05, 4.69) is 6.07 Å². The van der Waals surface area contributed by atoms with Crippen molar-refractivity contribution in [1.82, 2.24) is 4.98 Å². The fraction of sp³-hybridized carbons (Fsp3) is 0.235. The predicted molar refractivity (Wildman–Crippen MR) is 93.1 cm³/mol. The van der Waals surface area contributed by atoms with Crippen LogP contribution in [-0.4, -0.2) is 18.6 Å². The number of para-hydroxylation sites is 1. The molecule has 114 valence electrons. The molecule has 0 aliphatic heterocycles. The van der Waals surface area contributed by atoms with Crippen LogP contribution in [0.4, 0.5) is 0 Å². The Morgan fingerprint density at radius 2 is 2.09 bits per heavy atom. The fourth-order valence-electron chi connectivity index (χ4n) is 2.51. The van der Waals surface area contributed by atoms with Crippen molar-refractivity contribution in [3.05, 3.63) is 58.1 Å². The van der Waals surface area contributed by atoms with Gasteiger partial charge < -0.3 is 10.5 Å². The van der Waals surface area contributed by atoms with Crippen molar-refractivity contribution in [3.63, 3.8) is 0 Å². The van der Waals surface area contributed by atoms with E-state index in [4.69, 9.17) is 27.1 Å². The number of hydrogen-bond donors (Lipinski definition) is 1. The van der Waals surface area contributed by atoms with E-state index in [1.54, 1.807) is 18.4 Å². The van der Waals surface area contributed by atoms with Gasteiger partial charge in [0.15, 0.2) is 0 Å². The SMILES string of the molecule is COc1ccc(Cl)cc1CC(CN)c1nc2ccccc2s1. The average Bonchev–Trinajstić information content (AvgIpc) is 2.96. The smallest absolute Gasteiger partial charge is 0.122 e. The van der Waals surface area contributed by atoms with E-state index in [9.17, 15) is 0 Å². The zero-order valence-electron chi connectivity index (χ0n) is 12.3. The molecule has 1 atom stereocenters. The number of benzene rings is 2. The Morgan fingerprint density at radius 3 is 2.82 bits per heavy atom. The minimum absolute atomic E-state index is 0.157. The van der Waals surface area contributed by atoms with Gasteiger partial charge in [-0.2, -0.15) is 0 Å². The van der Waals surface area contributed by atoms with Crippen molar-refractivity contribution in [2.75, 3.05) is 13.7 Å². The lowest BCUT2D eigenvalue weighted by Crippen LogP contribution is -2.15. The summed E-state index contributed by atoms with van der Waals surface area (Å²) in [6.07, 6.45) is 0.764. The molecule has 22 heavy (non-hydrogen) atoms.